The molecule has 0 spiro atoms. The number of aliphatic hydroxyl groups is 1. The molecule has 114 valence electrons. The largest absolute Gasteiger partial charge is 0.385 e. The zero-order valence-corrected chi connectivity index (χ0v) is 13.1. The molecule has 2 nitrogen and oxygen atoms in total. The van der Waals surface area contributed by atoms with Gasteiger partial charge in [0.1, 0.15) is 0 Å². The van der Waals surface area contributed by atoms with Crippen LogP contribution >= 0.6 is 0 Å². The van der Waals surface area contributed by atoms with Crippen LogP contribution in [-0.4, -0.2) is 17.3 Å². The Morgan fingerprint density at radius 3 is 2.76 bits per heavy atom. The highest BCUT2D eigenvalue weighted by molar-refractivity contribution is 5.42. The van der Waals surface area contributed by atoms with E-state index in [2.05, 4.69) is 32.1 Å². The second-order valence-corrected chi connectivity index (χ2v) is 8.13. The summed E-state index contributed by atoms with van der Waals surface area (Å²) in [5, 5.41) is 9.87. The lowest BCUT2D eigenvalue weighted by atomic mass is 9.50. The average Bonchev–Trinajstić information content (AvgIpc) is 2.76. The molecule has 0 aromatic rings. The summed E-state index contributed by atoms with van der Waals surface area (Å²) in [5.41, 5.74) is 8.19. The fourth-order valence-corrected chi connectivity index (χ4v) is 5.81. The van der Waals surface area contributed by atoms with Gasteiger partial charge in [-0.15, -0.1) is 0 Å². The van der Waals surface area contributed by atoms with Gasteiger partial charge in [-0.05, 0) is 60.5 Å². The topological polar surface area (TPSA) is 46.2 Å². The molecule has 0 radical (unpaired) electrons. The molecule has 0 aromatic carbocycles. The van der Waals surface area contributed by atoms with Crippen molar-refractivity contribution in [1.82, 2.24) is 0 Å². The van der Waals surface area contributed by atoms with Crippen molar-refractivity contribution in [1.29, 1.82) is 0 Å². The van der Waals surface area contributed by atoms with Gasteiger partial charge in [-0.2, -0.15) is 0 Å². The summed E-state index contributed by atoms with van der Waals surface area (Å²) in [6.45, 7) is 4.79. The molecular weight excluding hydrogens is 258 g/mol. The number of rotatable bonds is 0. The van der Waals surface area contributed by atoms with Crippen LogP contribution in [0.3, 0.4) is 0 Å². The smallest absolute Gasteiger partial charge is 0.0908 e. The van der Waals surface area contributed by atoms with E-state index in [1.165, 1.54) is 31.3 Å². The normalized spacial score (nSPS) is 54.7. The molecule has 7 atom stereocenters. The standard InChI is InChI=1S/C19H27NO/c1-18-9-7-13(21)11-12(18)3-4-14-15-5-6-17(20)19(15,2)10-8-16(14)18/h3-4,7,9,11,13-17,21H,5-6,8,10,20H2,1-2H3/t13?,14-,15-,16+,17?,18-,19-/m0/s1. The van der Waals surface area contributed by atoms with Crippen molar-refractivity contribution in [3.05, 3.63) is 36.0 Å². The lowest BCUT2D eigenvalue weighted by Crippen LogP contribution is -2.50. The van der Waals surface area contributed by atoms with Crippen molar-refractivity contribution < 1.29 is 5.11 Å². The van der Waals surface area contributed by atoms with Crippen LogP contribution in [0.25, 0.3) is 0 Å². The van der Waals surface area contributed by atoms with E-state index in [-0.39, 0.29) is 5.41 Å². The Balaban J connectivity index is 1.75. The Morgan fingerprint density at radius 2 is 1.95 bits per heavy atom. The summed E-state index contributed by atoms with van der Waals surface area (Å²) in [4.78, 5) is 0. The lowest BCUT2D eigenvalue weighted by Gasteiger charge is -2.54. The van der Waals surface area contributed by atoms with Crippen LogP contribution < -0.4 is 5.73 Å². The van der Waals surface area contributed by atoms with Crippen molar-refractivity contribution in [2.24, 2.45) is 34.3 Å². The maximum absolute atomic E-state index is 9.87. The van der Waals surface area contributed by atoms with Crippen LogP contribution in [0.15, 0.2) is 36.0 Å². The third-order valence-electron chi connectivity index (χ3n) is 7.29. The molecule has 0 saturated heterocycles. The molecule has 0 aliphatic heterocycles. The van der Waals surface area contributed by atoms with Crippen molar-refractivity contribution in [3.63, 3.8) is 0 Å². The quantitative estimate of drug-likeness (QED) is 0.671. The third-order valence-corrected chi connectivity index (χ3v) is 7.29. The number of nitrogens with two attached hydrogens (primary N) is 1. The van der Waals surface area contributed by atoms with E-state index in [1.54, 1.807) is 0 Å². The number of hydrogen-bond donors (Lipinski definition) is 2. The molecule has 0 aromatic heterocycles. The van der Waals surface area contributed by atoms with Crippen molar-refractivity contribution in [2.75, 3.05) is 0 Å². The summed E-state index contributed by atoms with van der Waals surface area (Å²) in [5.74, 6) is 2.06. The van der Waals surface area contributed by atoms with Gasteiger partial charge in [0.05, 0.1) is 6.10 Å². The first-order valence-corrected chi connectivity index (χ1v) is 8.49. The third kappa shape index (κ3) is 1.72. The van der Waals surface area contributed by atoms with Crippen LogP contribution in [-0.2, 0) is 0 Å². The molecule has 4 aliphatic carbocycles. The van der Waals surface area contributed by atoms with Gasteiger partial charge >= 0.3 is 0 Å². The Labute approximate surface area is 127 Å². The second-order valence-electron chi connectivity index (χ2n) is 8.13. The molecule has 3 N–H and O–H groups in total. The zero-order chi connectivity index (χ0) is 14.8. The molecule has 2 saturated carbocycles. The Kier molecular flexibility index (Phi) is 2.84. The predicted octanol–water partition coefficient (Wildman–Crippen LogP) is 3.19. The highest BCUT2D eigenvalue weighted by Gasteiger charge is 2.56. The van der Waals surface area contributed by atoms with Gasteiger partial charge in [0.25, 0.3) is 0 Å². The monoisotopic (exact) mass is 285 g/mol. The minimum absolute atomic E-state index is 0.104. The van der Waals surface area contributed by atoms with E-state index in [9.17, 15) is 5.11 Å². The first-order valence-electron chi connectivity index (χ1n) is 8.49. The summed E-state index contributed by atoms with van der Waals surface area (Å²) in [6, 6.07) is 0.380. The number of hydrogen-bond acceptors (Lipinski definition) is 2. The maximum atomic E-state index is 9.87. The van der Waals surface area contributed by atoms with E-state index < -0.39 is 6.10 Å². The Bertz CT molecular complexity index is 548. The van der Waals surface area contributed by atoms with Crippen molar-refractivity contribution in [3.8, 4) is 0 Å². The van der Waals surface area contributed by atoms with E-state index in [0.29, 0.717) is 23.3 Å². The molecule has 2 unspecified atom stereocenters. The molecule has 21 heavy (non-hydrogen) atoms. The number of aliphatic hydroxyl groups excluding tert-OH is 1. The molecule has 0 amide bonds. The Morgan fingerprint density at radius 1 is 1.14 bits per heavy atom. The maximum Gasteiger partial charge on any atom is 0.0908 e. The van der Waals surface area contributed by atoms with E-state index >= 15 is 0 Å². The lowest BCUT2D eigenvalue weighted by molar-refractivity contribution is 0.0176. The first kappa shape index (κ1) is 13.8. The number of fused-ring (bicyclic) bond motifs is 5. The second kappa shape index (κ2) is 4.33. The summed E-state index contributed by atoms with van der Waals surface area (Å²) >= 11 is 0. The van der Waals surface area contributed by atoms with Gasteiger partial charge in [-0.25, -0.2) is 0 Å². The van der Waals surface area contributed by atoms with E-state index in [4.69, 9.17) is 5.73 Å². The minimum Gasteiger partial charge on any atom is -0.385 e. The molecule has 4 rings (SSSR count). The number of allylic oxidation sites excluding steroid dienone is 4. The SMILES string of the molecule is C[C@]12C=CC(O)C=C1C=C[C@@H]1[C@H]2CC[C@]2(C)C(N)CC[C@@H]12. The van der Waals surface area contributed by atoms with Gasteiger partial charge in [0.15, 0.2) is 0 Å². The van der Waals surface area contributed by atoms with Crippen LogP contribution in [0.1, 0.15) is 39.5 Å². The molecule has 4 aliphatic rings. The van der Waals surface area contributed by atoms with Gasteiger partial charge in [-0.1, -0.05) is 38.2 Å². The summed E-state index contributed by atoms with van der Waals surface area (Å²) < 4.78 is 0. The van der Waals surface area contributed by atoms with Gasteiger partial charge < -0.3 is 10.8 Å². The summed E-state index contributed by atoms with van der Waals surface area (Å²) in [7, 11) is 0. The molecule has 2 heteroatoms. The van der Waals surface area contributed by atoms with Gasteiger partial charge in [0, 0.05) is 11.5 Å². The Hall–Kier alpha value is -0.860. The zero-order valence-electron chi connectivity index (χ0n) is 13.1. The van der Waals surface area contributed by atoms with Crippen LogP contribution in [0.5, 0.6) is 0 Å². The molecular formula is C19H27NO. The van der Waals surface area contributed by atoms with Gasteiger partial charge in [0.2, 0.25) is 0 Å². The van der Waals surface area contributed by atoms with Gasteiger partial charge in [-0.3, -0.25) is 0 Å². The van der Waals surface area contributed by atoms with E-state index in [0.717, 1.165) is 5.92 Å². The van der Waals surface area contributed by atoms with Crippen LogP contribution in [0, 0.1) is 28.6 Å². The summed E-state index contributed by atoms with van der Waals surface area (Å²) in [6.07, 6.45) is 15.5. The van der Waals surface area contributed by atoms with Crippen molar-refractivity contribution in [2.45, 2.75) is 51.7 Å². The van der Waals surface area contributed by atoms with Crippen LogP contribution in [0.4, 0.5) is 0 Å². The molecule has 0 heterocycles. The molecule has 2 fully saturated rings. The fraction of sp³-hybridized carbons (Fsp3) is 0.684. The van der Waals surface area contributed by atoms with E-state index in [1.807, 2.05) is 12.2 Å². The molecule has 0 bridgehead atoms. The van der Waals surface area contributed by atoms with Crippen LogP contribution in [0.2, 0.25) is 0 Å². The highest BCUT2D eigenvalue weighted by atomic mass is 16.3. The highest BCUT2D eigenvalue weighted by Crippen LogP contribution is 2.62. The predicted molar refractivity (Wildman–Crippen MR) is 85.5 cm³/mol. The fourth-order valence-electron chi connectivity index (χ4n) is 5.81. The van der Waals surface area contributed by atoms with Crippen molar-refractivity contribution >= 4 is 0 Å². The minimum atomic E-state index is -0.414. The first-order chi connectivity index (χ1) is 9.95. The average molecular weight is 285 g/mol.